The fourth-order valence-corrected chi connectivity index (χ4v) is 2.21. The van der Waals surface area contributed by atoms with Gasteiger partial charge < -0.3 is 4.52 Å². The Morgan fingerprint density at radius 1 is 1.29 bits per heavy atom. The normalized spacial score (nSPS) is 12.7. The quantitative estimate of drug-likeness (QED) is 0.788. The molecule has 1 aromatic carbocycles. The molecule has 2 aromatic rings. The van der Waals surface area contributed by atoms with Crippen molar-refractivity contribution in [1.29, 1.82) is 0 Å². The van der Waals surface area contributed by atoms with Crippen molar-refractivity contribution in [2.24, 2.45) is 0 Å². The molecule has 0 unspecified atom stereocenters. The molecule has 0 bridgehead atoms. The van der Waals surface area contributed by atoms with Crippen molar-refractivity contribution in [3.05, 3.63) is 41.5 Å². The SMILES string of the molecule is Cc1noc([C@H](C)Sc2ccc(F)c(F)c2)n1. The fourth-order valence-electron chi connectivity index (χ4n) is 1.28. The molecule has 0 aliphatic carbocycles. The zero-order chi connectivity index (χ0) is 12.4. The molecule has 0 fully saturated rings. The van der Waals surface area contributed by atoms with Gasteiger partial charge in [0.05, 0.1) is 5.25 Å². The minimum Gasteiger partial charge on any atom is -0.338 e. The van der Waals surface area contributed by atoms with Crippen LogP contribution in [0.25, 0.3) is 0 Å². The molecule has 2 rings (SSSR count). The lowest BCUT2D eigenvalue weighted by Gasteiger charge is -2.06. The monoisotopic (exact) mass is 256 g/mol. The number of benzene rings is 1. The summed E-state index contributed by atoms with van der Waals surface area (Å²) >= 11 is 1.33. The van der Waals surface area contributed by atoms with Gasteiger partial charge in [-0.15, -0.1) is 11.8 Å². The zero-order valence-electron chi connectivity index (χ0n) is 9.28. The summed E-state index contributed by atoms with van der Waals surface area (Å²) in [6.45, 7) is 3.58. The minimum atomic E-state index is -0.857. The molecule has 3 nitrogen and oxygen atoms in total. The van der Waals surface area contributed by atoms with E-state index >= 15 is 0 Å². The third kappa shape index (κ3) is 2.82. The first kappa shape index (κ1) is 12.0. The maximum Gasteiger partial charge on any atom is 0.239 e. The highest BCUT2D eigenvalue weighted by Crippen LogP contribution is 2.34. The Hall–Kier alpha value is -1.43. The van der Waals surface area contributed by atoms with Crippen LogP contribution in [-0.2, 0) is 0 Å². The van der Waals surface area contributed by atoms with Crippen LogP contribution < -0.4 is 0 Å². The smallest absolute Gasteiger partial charge is 0.239 e. The van der Waals surface area contributed by atoms with Gasteiger partial charge in [0, 0.05) is 4.90 Å². The molecule has 1 heterocycles. The Morgan fingerprint density at radius 3 is 2.65 bits per heavy atom. The summed E-state index contributed by atoms with van der Waals surface area (Å²) in [4.78, 5) is 4.70. The predicted molar refractivity (Wildman–Crippen MR) is 59.7 cm³/mol. The van der Waals surface area contributed by atoms with Crippen molar-refractivity contribution < 1.29 is 13.3 Å². The number of nitrogens with zero attached hydrogens (tertiary/aromatic N) is 2. The van der Waals surface area contributed by atoms with Crippen LogP contribution in [-0.4, -0.2) is 10.1 Å². The molecule has 0 aliphatic rings. The van der Waals surface area contributed by atoms with Crippen molar-refractivity contribution in [3.8, 4) is 0 Å². The molecule has 17 heavy (non-hydrogen) atoms. The third-order valence-corrected chi connectivity index (χ3v) is 3.18. The van der Waals surface area contributed by atoms with Gasteiger partial charge in [-0.05, 0) is 32.0 Å². The Kier molecular flexibility index (Phi) is 3.42. The molecule has 6 heteroatoms. The first-order valence-electron chi connectivity index (χ1n) is 4.98. The number of aromatic nitrogens is 2. The summed E-state index contributed by atoms with van der Waals surface area (Å²) < 4.78 is 30.7. The van der Waals surface area contributed by atoms with E-state index in [4.69, 9.17) is 4.52 Å². The summed E-state index contributed by atoms with van der Waals surface area (Å²) in [6, 6.07) is 3.77. The maximum absolute atomic E-state index is 13.0. The van der Waals surface area contributed by atoms with E-state index in [-0.39, 0.29) is 5.25 Å². The van der Waals surface area contributed by atoms with Crippen LogP contribution in [0.3, 0.4) is 0 Å². The van der Waals surface area contributed by atoms with E-state index in [9.17, 15) is 8.78 Å². The minimum absolute atomic E-state index is 0.110. The first-order valence-corrected chi connectivity index (χ1v) is 5.86. The molecule has 1 aromatic heterocycles. The van der Waals surface area contributed by atoms with Crippen LogP contribution in [0.2, 0.25) is 0 Å². The van der Waals surface area contributed by atoms with Crippen LogP contribution in [0, 0.1) is 18.6 Å². The van der Waals surface area contributed by atoms with Gasteiger partial charge in [0.1, 0.15) is 0 Å². The highest BCUT2D eigenvalue weighted by Gasteiger charge is 2.15. The molecule has 0 saturated carbocycles. The van der Waals surface area contributed by atoms with Crippen molar-refractivity contribution in [2.45, 2.75) is 24.0 Å². The Balaban J connectivity index is 2.12. The van der Waals surface area contributed by atoms with E-state index < -0.39 is 11.6 Å². The average Bonchev–Trinajstić information content (AvgIpc) is 2.70. The van der Waals surface area contributed by atoms with Crippen molar-refractivity contribution >= 4 is 11.8 Å². The molecule has 0 aliphatic heterocycles. The van der Waals surface area contributed by atoms with Crippen LogP contribution in [0.15, 0.2) is 27.6 Å². The Bertz CT molecular complexity index is 530. The van der Waals surface area contributed by atoms with E-state index in [2.05, 4.69) is 10.1 Å². The van der Waals surface area contributed by atoms with Gasteiger partial charge in [-0.25, -0.2) is 8.78 Å². The van der Waals surface area contributed by atoms with Crippen molar-refractivity contribution in [3.63, 3.8) is 0 Å². The van der Waals surface area contributed by atoms with Crippen LogP contribution >= 0.6 is 11.8 Å². The topological polar surface area (TPSA) is 38.9 Å². The standard InChI is InChI=1S/C11H10F2N2OS/c1-6(11-14-7(2)15-16-11)17-8-3-4-9(12)10(13)5-8/h3-6H,1-2H3/t6-/m0/s1. The lowest BCUT2D eigenvalue weighted by molar-refractivity contribution is 0.376. The number of hydrogen-bond acceptors (Lipinski definition) is 4. The summed E-state index contributed by atoms with van der Waals surface area (Å²) in [7, 11) is 0. The number of hydrogen-bond donors (Lipinski definition) is 0. The predicted octanol–water partition coefficient (Wildman–Crippen LogP) is 3.51. The summed E-state index contributed by atoms with van der Waals surface area (Å²) in [5.41, 5.74) is 0. The lowest BCUT2D eigenvalue weighted by atomic mass is 10.3. The summed E-state index contributed by atoms with van der Waals surface area (Å²) in [6.07, 6.45) is 0. The highest BCUT2D eigenvalue weighted by molar-refractivity contribution is 7.99. The van der Waals surface area contributed by atoms with Gasteiger partial charge in [0.2, 0.25) is 5.89 Å². The zero-order valence-corrected chi connectivity index (χ0v) is 10.1. The van der Waals surface area contributed by atoms with Gasteiger partial charge in [0.25, 0.3) is 0 Å². The summed E-state index contributed by atoms with van der Waals surface area (Å²) in [5, 5.41) is 3.57. The van der Waals surface area contributed by atoms with Gasteiger partial charge in [-0.1, -0.05) is 5.16 Å². The fraction of sp³-hybridized carbons (Fsp3) is 0.273. The van der Waals surface area contributed by atoms with Gasteiger partial charge >= 0.3 is 0 Å². The second-order valence-corrected chi connectivity index (χ2v) is 4.93. The van der Waals surface area contributed by atoms with E-state index in [0.29, 0.717) is 16.6 Å². The third-order valence-electron chi connectivity index (χ3n) is 2.09. The van der Waals surface area contributed by atoms with Gasteiger partial charge in [-0.3, -0.25) is 0 Å². The molecule has 90 valence electrons. The second-order valence-electron chi connectivity index (χ2n) is 3.52. The number of rotatable bonds is 3. The molecule has 1 atom stereocenters. The molecular weight excluding hydrogens is 246 g/mol. The molecule has 0 radical (unpaired) electrons. The van der Waals surface area contributed by atoms with E-state index in [1.807, 2.05) is 6.92 Å². The van der Waals surface area contributed by atoms with Gasteiger partial charge in [-0.2, -0.15) is 4.98 Å². The van der Waals surface area contributed by atoms with Crippen LogP contribution in [0.1, 0.15) is 23.9 Å². The highest BCUT2D eigenvalue weighted by atomic mass is 32.2. The Morgan fingerprint density at radius 2 is 2.06 bits per heavy atom. The molecule has 0 spiro atoms. The Labute approximate surface area is 101 Å². The average molecular weight is 256 g/mol. The van der Waals surface area contributed by atoms with E-state index in [1.165, 1.54) is 17.8 Å². The number of thioether (sulfide) groups is 1. The largest absolute Gasteiger partial charge is 0.338 e. The second kappa shape index (κ2) is 4.83. The molecule has 0 amide bonds. The van der Waals surface area contributed by atoms with Crippen LogP contribution in [0.5, 0.6) is 0 Å². The maximum atomic E-state index is 13.0. The van der Waals surface area contributed by atoms with Crippen LogP contribution in [0.4, 0.5) is 8.78 Å². The lowest BCUT2D eigenvalue weighted by Crippen LogP contribution is -1.90. The van der Waals surface area contributed by atoms with Crippen molar-refractivity contribution in [1.82, 2.24) is 10.1 Å². The first-order chi connectivity index (χ1) is 8.06. The number of aryl methyl sites for hydroxylation is 1. The summed E-state index contributed by atoms with van der Waals surface area (Å²) in [5.74, 6) is -0.686. The molecule has 0 saturated heterocycles. The van der Waals surface area contributed by atoms with Gasteiger partial charge in [0.15, 0.2) is 17.5 Å². The van der Waals surface area contributed by atoms with E-state index in [0.717, 1.165) is 12.1 Å². The van der Waals surface area contributed by atoms with E-state index in [1.54, 1.807) is 6.92 Å². The molecule has 0 N–H and O–H groups in total. The molecular formula is C11H10F2N2OS. The number of halogens is 2. The van der Waals surface area contributed by atoms with Crippen molar-refractivity contribution in [2.75, 3.05) is 0 Å².